The first kappa shape index (κ1) is 19.0. The standard InChI is InChI=1S/C18H23N3O3S/c1-2-21-25(23,24)17-10-8-15(9-11-17)12-13-19-18(22)20-14-16-6-4-3-5-7-16/h3-11,21H,2,12-14H2,1H3,(H2,19,20,22). The fourth-order valence-corrected chi connectivity index (χ4v) is 3.31. The summed E-state index contributed by atoms with van der Waals surface area (Å²) in [5, 5.41) is 5.58. The van der Waals surface area contributed by atoms with Gasteiger partial charge in [-0.05, 0) is 29.7 Å². The maximum absolute atomic E-state index is 11.9. The molecule has 25 heavy (non-hydrogen) atoms. The lowest BCUT2D eigenvalue weighted by molar-refractivity contribution is 0.240. The van der Waals surface area contributed by atoms with E-state index < -0.39 is 10.0 Å². The second-order valence-corrected chi connectivity index (χ2v) is 7.26. The Labute approximate surface area is 148 Å². The van der Waals surface area contributed by atoms with Gasteiger partial charge in [-0.1, -0.05) is 49.4 Å². The van der Waals surface area contributed by atoms with Crippen LogP contribution in [0.2, 0.25) is 0 Å². The van der Waals surface area contributed by atoms with Crippen molar-refractivity contribution in [2.24, 2.45) is 0 Å². The lowest BCUT2D eigenvalue weighted by atomic mass is 10.1. The van der Waals surface area contributed by atoms with Crippen LogP contribution >= 0.6 is 0 Å². The first-order valence-electron chi connectivity index (χ1n) is 8.15. The molecule has 6 nitrogen and oxygen atoms in total. The number of carbonyl (C=O) groups is 1. The van der Waals surface area contributed by atoms with Gasteiger partial charge in [0, 0.05) is 19.6 Å². The van der Waals surface area contributed by atoms with Crippen LogP contribution in [0.1, 0.15) is 18.1 Å². The number of hydrogen-bond donors (Lipinski definition) is 3. The van der Waals surface area contributed by atoms with Crippen LogP contribution in [0.15, 0.2) is 59.5 Å². The quantitative estimate of drug-likeness (QED) is 0.672. The summed E-state index contributed by atoms with van der Waals surface area (Å²) in [6.45, 7) is 3.04. The summed E-state index contributed by atoms with van der Waals surface area (Å²) in [7, 11) is -3.42. The first-order valence-corrected chi connectivity index (χ1v) is 9.64. The molecular weight excluding hydrogens is 338 g/mol. The molecule has 0 aromatic heterocycles. The number of rotatable bonds is 8. The van der Waals surface area contributed by atoms with Crippen LogP contribution < -0.4 is 15.4 Å². The van der Waals surface area contributed by atoms with Gasteiger partial charge < -0.3 is 10.6 Å². The van der Waals surface area contributed by atoms with Crippen LogP contribution in [0.25, 0.3) is 0 Å². The summed E-state index contributed by atoms with van der Waals surface area (Å²) in [5.41, 5.74) is 1.99. The van der Waals surface area contributed by atoms with E-state index in [0.717, 1.165) is 11.1 Å². The molecule has 0 unspecified atom stereocenters. The minimum absolute atomic E-state index is 0.227. The predicted molar refractivity (Wildman–Crippen MR) is 97.7 cm³/mol. The summed E-state index contributed by atoms with van der Waals surface area (Å²) in [6, 6.07) is 16.1. The predicted octanol–water partition coefficient (Wildman–Crippen LogP) is 2.03. The normalized spacial score (nSPS) is 11.1. The summed E-state index contributed by atoms with van der Waals surface area (Å²) in [4.78, 5) is 12.0. The molecular formula is C18H23N3O3S. The summed E-state index contributed by atoms with van der Waals surface area (Å²) < 4.78 is 26.2. The van der Waals surface area contributed by atoms with Gasteiger partial charge in [0.25, 0.3) is 0 Å². The van der Waals surface area contributed by atoms with E-state index in [1.807, 2.05) is 30.3 Å². The number of benzene rings is 2. The van der Waals surface area contributed by atoms with Crippen molar-refractivity contribution in [3.05, 3.63) is 65.7 Å². The van der Waals surface area contributed by atoms with Crippen LogP contribution in [0.5, 0.6) is 0 Å². The van der Waals surface area contributed by atoms with Gasteiger partial charge in [-0.25, -0.2) is 17.9 Å². The minimum Gasteiger partial charge on any atom is -0.338 e. The Kier molecular flexibility index (Phi) is 6.97. The smallest absolute Gasteiger partial charge is 0.315 e. The van der Waals surface area contributed by atoms with Gasteiger partial charge in [-0.2, -0.15) is 0 Å². The van der Waals surface area contributed by atoms with Gasteiger partial charge in [0.1, 0.15) is 0 Å². The third kappa shape index (κ3) is 6.21. The fourth-order valence-electron chi connectivity index (χ4n) is 2.27. The van der Waals surface area contributed by atoms with Crippen molar-refractivity contribution in [3.8, 4) is 0 Å². The molecule has 3 N–H and O–H groups in total. The van der Waals surface area contributed by atoms with Gasteiger partial charge >= 0.3 is 6.03 Å². The van der Waals surface area contributed by atoms with E-state index in [4.69, 9.17) is 0 Å². The molecule has 0 heterocycles. The largest absolute Gasteiger partial charge is 0.338 e. The molecule has 0 radical (unpaired) electrons. The topological polar surface area (TPSA) is 87.3 Å². The van der Waals surface area contributed by atoms with E-state index in [2.05, 4.69) is 15.4 Å². The van der Waals surface area contributed by atoms with E-state index in [0.29, 0.717) is 26.1 Å². The molecule has 2 rings (SSSR count). The second kappa shape index (κ2) is 9.19. The fraction of sp³-hybridized carbons (Fsp3) is 0.278. The molecule has 2 aromatic carbocycles. The summed E-state index contributed by atoms with van der Waals surface area (Å²) >= 11 is 0. The molecule has 0 aliphatic carbocycles. The van der Waals surface area contributed by atoms with Gasteiger partial charge in [-0.3, -0.25) is 0 Å². The van der Waals surface area contributed by atoms with Crippen LogP contribution in [-0.2, 0) is 23.0 Å². The molecule has 2 aromatic rings. The highest BCUT2D eigenvalue weighted by atomic mass is 32.2. The molecule has 0 saturated carbocycles. The highest BCUT2D eigenvalue weighted by molar-refractivity contribution is 7.89. The molecule has 0 bridgehead atoms. The Bertz CT molecular complexity index is 775. The number of urea groups is 1. The highest BCUT2D eigenvalue weighted by Crippen LogP contribution is 2.10. The van der Waals surface area contributed by atoms with Crippen LogP contribution in [0, 0.1) is 0 Å². The highest BCUT2D eigenvalue weighted by Gasteiger charge is 2.11. The summed E-state index contributed by atoms with van der Waals surface area (Å²) in [6.07, 6.45) is 0.625. The van der Waals surface area contributed by atoms with Crippen molar-refractivity contribution >= 4 is 16.1 Å². The maximum atomic E-state index is 11.9. The molecule has 0 fully saturated rings. The molecule has 134 valence electrons. The van der Waals surface area contributed by atoms with Crippen LogP contribution in [0.4, 0.5) is 4.79 Å². The second-order valence-electron chi connectivity index (χ2n) is 5.49. The molecule has 2 amide bonds. The Morgan fingerprint density at radius 1 is 0.920 bits per heavy atom. The third-order valence-corrected chi connectivity index (χ3v) is 5.12. The van der Waals surface area contributed by atoms with Gasteiger partial charge in [0.2, 0.25) is 10.0 Å². The van der Waals surface area contributed by atoms with E-state index in [1.165, 1.54) is 0 Å². The third-order valence-electron chi connectivity index (χ3n) is 3.56. The minimum atomic E-state index is -3.42. The van der Waals surface area contributed by atoms with Crippen molar-refractivity contribution in [1.82, 2.24) is 15.4 Å². The Balaban J connectivity index is 1.75. The maximum Gasteiger partial charge on any atom is 0.315 e. The van der Waals surface area contributed by atoms with Crippen LogP contribution in [0.3, 0.4) is 0 Å². The number of nitrogens with one attached hydrogen (secondary N) is 3. The lowest BCUT2D eigenvalue weighted by Gasteiger charge is -2.09. The zero-order valence-corrected chi connectivity index (χ0v) is 15.0. The van der Waals surface area contributed by atoms with Crippen molar-refractivity contribution in [1.29, 1.82) is 0 Å². The van der Waals surface area contributed by atoms with Crippen molar-refractivity contribution in [3.63, 3.8) is 0 Å². The number of hydrogen-bond acceptors (Lipinski definition) is 3. The number of amides is 2. The SMILES string of the molecule is CCNS(=O)(=O)c1ccc(CCNC(=O)NCc2ccccc2)cc1. The number of carbonyl (C=O) groups excluding carboxylic acids is 1. The zero-order valence-electron chi connectivity index (χ0n) is 14.2. The van der Waals surface area contributed by atoms with Crippen molar-refractivity contribution < 1.29 is 13.2 Å². The molecule has 0 aliphatic rings. The Morgan fingerprint density at radius 3 is 2.24 bits per heavy atom. The Morgan fingerprint density at radius 2 is 1.60 bits per heavy atom. The lowest BCUT2D eigenvalue weighted by Crippen LogP contribution is -2.36. The van der Waals surface area contributed by atoms with Crippen molar-refractivity contribution in [2.45, 2.75) is 24.8 Å². The van der Waals surface area contributed by atoms with E-state index in [9.17, 15) is 13.2 Å². The zero-order chi connectivity index (χ0) is 18.1. The monoisotopic (exact) mass is 361 g/mol. The van der Waals surface area contributed by atoms with E-state index >= 15 is 0 Å². The van der Waals surface area contributed by atoms with Gasteiger partial charge in [0.05, 0.1) is 4.90 Å². The van der Waals surface area contributed by atoms with E-state index in [-0.39, 0.29) is 10.9 Å². The molecule has 0 saturated heterocycles. The van der Waals surface area contributed by atoms with Crippen LogP contribution in [-0.4, -0.2) is 27.5 Å². The van der Waals surface area contributed by atoms with E-state index in [1.54, 1.807) is 31.2 Å². The average molecular weight is 361 g/mol. The molecule has 0 atom stereocenters. The molecule has 0 spiro atoms. The van der Waals surface area contributed by atoms with Gasteiger partial charge in [0.15, 0.2) is 0 Å². The van der Waals surface area contributed by atoms with Gasteiger partial charge in [-0.15, -0.1) is 0 Å². The average Bonchev–Trinajstić information content (AvgIpc) is 2.61. The van der Waals surface area contributed by atoms with Crippen molar-refractivity contribution in [2.75, 3.05) is 13.1 Å². The molecule has 7 heteroatoms. The number of sulfonamides is 1. The molecule has 0 aliphatic heterocycles. The summed E-state index contributed by atoms with van der Waals surface area (Å²) in [5.74, 6) is 0. The first-order chi connectivity index (χ1) is 12.0. The Hall–Kier alpha value is -2.38.